The Morgan fingerprint density at radius 2 is 2.40 bits per heavy atom. The van der Waals surface area contributed by atoms with Crippen molar-refractivity contribution in [3.63, 3.8) is 0 Å². The number of H-pyrrole nitrogens is 1. The van der Waals surface area contributed by atoms with E-state index in [2.05, 4.69) is 4.98 Å². The Labute approximate surface area is 86.7 Å². The molecule has 1 aliphatic rings. The van der Waals surface area contributed by atoms with E-state index in [0.29, 0.717) is 25.1 Å². The number of aromatic carboxylic acids is 1. The van der Waals surface area contributed by atoms with E-state index in [4.69, 9.17) is 5.11 Å². The molecule has 0 saturated carbocycles. The van der Waals surface area contributed by atoms with Crippen LogP contribution in [0.4, 0.5) is 0 Å². The van der Waals surface area contributed by atoms with Gasteiger partial charge in [0.2, 0.25) is 0 Å². The standard InChI is InChI=1S/C10H12N2O3/c1-2-12-4-3-7-8(9(12)13)6(5-11-7)10(14)15/h5,11H,2-4H2,1H3,(H,14,15). The third-order valence-corrected chi connectivity index (χ3v) is 2.71. The maximum absolute atomic E-state index is 11.9. The molecule has 0 saturated heterocycles. The molecule has 5 nitrogen and oxygen atoms in total. The number of amides is 1. The predicted molar refractivity (Wildman–Crippen MR) is 53.0 cm³/mol. The molecule has 0 spiro atoms. The SMILES string of the molecule is CCN1CCc2[nH]cc(C(=O)O)c2C1=O. The van der Waals surface area contributed by atoms with Crippen molar-refractivity contribution >= 4 is 11.9 Å². The van der Waals surface area contributed by atoms with Crippen LogP contribution in [0.2, 0.25) is 0 Å². The maximum Gasteiger partial charge on any atom is 0.338 e. The number of carboxylic acids is 1. The molecule has 1 aromatic rings. The third kappa shape index (κ3) is 1.40. The molecular formula is C10H12N2O3. The molecule has 0 atom stereocenters. The first-order valence-corrected chi connectivity index (χ1v) is 4.88. The van der Waals surface area contributed by atoms with Crippen molar-refractivity contribution in [2.24, 2.45) is 0 Å². The van der Waals surface area contributed by atoms with E-state index in [9.17, 15) is 9.59 Å². The second kappa shape index (κ2) is 3.42. The van der Waals surface area contributed by atoms with Crippen LogP contribution < -0.4 is 0 Å². The molecule has 0 fully saturated rings. The van der Waals surface area contributed by atoms with Crippen molar-refractivity contribution in [3.05, 3.63) is 23.0 Å². The molecule has 1 aromatic heterocycles. The Morgan fingerprint density at radius 1 is 1.67 bits per heavy atom. The number of aromatic amines is 1. The molecule has 80 valence electrons. The smallest absolute Gasteiger partial charge is 0.338 e. The summed E-state index contributed by atoms with van der Waals surface area (Å²) in [4.78, 5) is 27.3. The lowest BCUT2D eigenvalue weighted by Gasteiger charge is -2.25. The Balaban J connectivity index is 2.48. The van der Waals surface area contributed by atoms with E-state index in [0.717, 1.165) is 5.69 Å². The normalized spacial score (nSPS) is 15.3. The zero-order valence-electron chi connectivity index (χ0n) is 8.41. The van der Waals surface area contributed by atoms with E-state index in [1.807, 2.05) is 6.92 Å². The Morgan fingerprint density at radius 3 is 3.00 bits per heavy atom. The van der Waals surface area contributed by atoms with Crippen molar-refractivity contribution in [2.75, 3.05) is 13.1 Å². The van der Waals surface area contributed by atoms with Crippen LogP contribution in [0.3, 0.4) is 0 Å². The summed E-state index contributed by atoms with van der Waals surface area (Å²) < 4.78 is 0. The van der Waals surface area contributed by atoms with Gasteiger partial charge in [0, 0.05) is 31.4 Å². The lowest BCUT2D eigenvalue weighted by atomic mass is 10.0. The number of likely N-dealkylation sites (N-methyl/N-ethyl adjacent to an activating group) is 1. The molecule has 0 aliphatic carbocycles. The van der Waals surface area contributed by atoms with Crippen molar-refractivity contribution in [1.82, 2.24) is 9.88 Å². The van der Waals surface area contributed by atoms with Gasteiger partial charge >= 0.3 is 5.97 Å². The first-order chi connectivity index (χ1) is 7.15. The summed E-state index contributed by atoms with van der Waals surface area (Å²) in [5, 5.41) is 8.92. The van der Waals surface area contributed by atoms with Crippen LogP contribution in [0, 0.1) is 0 Å². The highest BCUT2D eigenvalue weighted by Gasteiger charge is 2.29. The number of hydrogen-bond acceptors (Lipinski definition) is 2. The topological polar surface area (TPSA) is 73.4 Å². The van der Waals surface area contributed by atoms with Crippen molar-refractivity contribution in [2.45, 2.75) is 13.3 Å². The highest BCUT2D eigenvalue weighted by atomic mass is 16.4. The second-order valence-corrected chi connectivity index (χ2v) is 3.50. The molecule has 0 unspecified atom stereocenters. The van der Waals surface area contributed by atoms with E-state index < -0.39 is 5.97 Å². The fourth-order valence-electron chi connectivity index (χ4n) is 1.88. The van der Waals surface area contributed by atoms with Gasteiger partial charge in [-0.3, -0.25) is 4.79 Å². The largest absolute Gasteiger partial charge is 0.478 e. The van der Waals surface area contributed by atoms with Gasteiger partial charge in [0.15, 0.2) is 0 Å². The molecule has 1 aliphatic heterocycles. The number of aromatic nitrogens is 1. The van der Waals surface area contributed by atoms with Gasteiger partial charge in [-0.25, -0.2) is 4.79 Å². The first-order valence-electron chi connectivity index (χ1n) is 4.88. The minimum atomic E-state index is -1.06. The molecule has 0 bridgehead atoms. The average molecular weight is 208 g/mol. The first kappa shape index (κ1) is 9.76. The molecule has 0 aromatic carbocycles. The lowest BCUT2D eigenvalue weighted by molar-refractivity contribution is 0.0673. The van der Waals surface area contributed by atoms with Crippen LogP contribution in [0.15, 0.2) is 6.20 Å². The van der Waals surface area contributed by atoms with E-state index in [1.165, 1.54) is 6.20 Å². The van der Waals surface area contributed by atoms with Crippen molar-refractivity contribution in [3.8, 4) is 0 Å². The summed E-state index contributed by atoms with van der Waals surface area (Å²) >= 11 is 0. The van der Waals surface area contributed by atoms with Crippen LogP contribution in [0.1, 0.15) is 33.3 Å². The summed E-state index contributed by atoms with van der Waals surface area (Å²) in [6.07, 6.45) is 2.09. The van der Waals surface area contributed by atoms with Crippen LogP contribution in [0.25, 0.3) is 0 Å². The van der Waals surface area contributed by atoms with E-state index >= 15 is 0 Å². The van der Waals surface area contributed by atoms with Gasteiger partial charge in [0.05, 0.1) is 11.1 Å². The van der Waals surface area contributed by atoms with Gasteiger partial charge in [0.25, 0.3) is 5.91 Å². The highest BCUT2D eigenvalue weighted by molar-refractivity contribution is 6.06. The van der Waals surface area contributed by atoms with Crippen LogP contribution in [-0.4, -0.2) is 40.0 Å². The Hall–Kier alpha value is -1.78. The van der Waals surface area contributed by atoms with Gasteiger partial charge in [-0.2, -0.15) is 0 Å². The number of rotatable bonds is 2. The fourth-order valence-corrected chi connectivity index (χ4v) is 1.88. The molecule has 2 heterocycles. The monoisotopic (exact) mass is 208 g/mol. The van der Waals surface area contributed by atoms with Gasteiger partial charge in [0.1, 0.15) is 0 Å². The van der Waals surface area contributed by atoms with Gasteiger partial charge < -0.3 is 15.0 Å². The molecule has 0 radical (unpaired) electrons. The highest BCUT2D eigenvalue weighted by Crippen LogP contribution is 2.21. The van der Waals surface area contributed by atoms with Crippen LogP contribution in [-0.2, 0) is 6.42 Å². The van der Waals surface area contributed by atoms with E-state index in [1.54, 1.807) is 4.90 Å². The number of carboxylic acid groups (broad SMARTS) is 1. The lowest BCUT2D eigenvalue weighted by Crippen LogP contribution is -2.37. The molecule has 2 rings (SSSR count). The predicted octanol–water partition coefficient (Wildman–Crippen LogP) is 0.731. The molecule has 5 heteroatoms. The number of fused-ring (bicyclic) bond motifs is 1. The summed E-state index contributed by atoms with van der Waals surface area (Å²) in [5.74, 6) is -1.24. The number of nitrogens with zero attached hydrogens (tertiary/aromatic N) is 1. The van der Waals surface area contributed by atoms with Gasteiger partial charge in [-0.05, 0) is 6.92 Å². The Bertz CT molecular complexity index is 422. The second-order valence-electron chi connectivity index (χ2n) is 3.50. The summed E-state index contributed by atoms with van der Waals surface area (Å²) in [6.45, 7) is 3.15. The average Bonchev–Trinajstić information content (AvgIpc) is 2.63. The van der Waals surface area contributed by atoms with Gasteiger partial charge in [-0.1, -0.05) is 0 Å². The maximum atomic E-state index is 11.9. The fraction of sp³-hybridized carbons (Fsp3) is 0.400. The molecule has 1 amide bonds. The minimum absolute atomic E-state index is 0.0770. The number of carbonyl (C=O) groups excluding carboxylic acids is 1. The number of carbonyl (C=O) groups is 2. The van der Waals surface area contributed by atoms with E-state index in [-0.39, 0.29) is 11.5 Å². The summed E-state index contributed by atoms with van der Waals surface area (Å²) in [7, 11) is 0. The van der Waals surface area contributed by atoms with Crippen molar-refractivity contribution < 1.29 is 14.7 Å². The third-order valence-electron chi connectivity index (χ3n) is 2.71. The molecule has 2 N–H and O–H groups in total. The summed E-state index contributed by atoms with van der Waals surface area (Å²) in [6, 6.07) is 0. The Kier molecular flexibility index (Phi) is 2.22. The molecule has 15 heavy (non-hydrogen) atoms. The van der Waals surface area contributed by atoms with Gasteiger partial charge in [-0.15, -0.1) is 0 Å². The van der Waals surface area contributed by atoms with Crippen LogP contribution in [0.5, 0.6) is 0 Å². The minimum Gasteiger partial charge on any atom is -0.478 e. The number of hydrogen-bond donors (Lipinski definition) is 2. The quantitative estimate of drug-likeness (QED) is 0.752. The summed E-state index contributed by atoms with van der Waals surface area (Å²) in [5.41, 5.74) is 1.14. The molecular weight excluding hydrogens is 196 g/mol. The van der Waals surface area contributed by atoms with Crippen molar-refractivity contribution in [1.29, 1.82) is 0 Å². The number of nitrogens with one attached hydrogen (secondary N) is 1. The van der Waals surface area contributed by atoms with Crippen LogP contribution >= 0.6 is 0 Å². The zero-order valence-corrected chi connectivity index (χ0v) is 8.41. The zero-order chi connectivity index (χ0) is 11.0.